The van der Waals surface area contributed by atoms with E-state index in [1.54, 1.807) is 0 Å². The van der Waals surface area contributed by atoms with Gasteiger partial charge in [-0.05, 0) is 13.3 Å². The molecule has 0 N–H and O–H groups in total. The molecule has 76 valence electrons. The standard InChI is InChI=1S/C10H16.C3H8/c1-3-5-7-9-10-8-6-4-2;1-3-2/h3,5,7-10H,4,6H2,1-2H3;3H2,1-2H3/b5-3+,9-7-,10-8-;. The van der Waals surface area contributed by atoms with Crippen molar-refractivity contribution >= 4 is 0 Å². The van der Waals surface area contributed by atoms with E-state index >= 15 is 0 Å². The highest BCUT2D eigenvalue weighted by Crippen LogP contribution is 1.88. The molecule has 0 aliphatic rings. The fraction of sp³-hybridized carbons (Fsp3) is 0.538. The van der Waals surface area contributed by atoms with E-state index in [-0.39, 0.29) is 0 Å². The fourth-order valence-corrected chi connectivity index (χ4v) is 0.581. The van der Waals surface area contributed by atoms with Gasteiger partial charge in [-0.3, -0.25) is 0 Å². The molecule has 0 fully saturated rings. The van der Waals surface area contributed by atoms with Crippen molar-refractivity contribution in [2.24, 2.45) is 0 Å². The molecule has 0 radical (unpaired) electrons. The summed E-state index contributed by atoms with van der Waals surface area (Å²) >= 11 is 0. The second kappa shape index (κ2) is 17.3. The minimum absolute atomic E-state index is 1.18. The number of hydrogen-bond acceptors (Lipinski definition) is 0. The zero-order valence-electron chi connectivity index (χ0n) is 9.59. The van der Waals surface area contributed by atoms with E-state index in [1.807, 2.05) is 25.2 Å². The van der Waals surface area contributed by atoms with Gasteiger partial charge >= 0.3 is 0 Å². The maximum atomic E-state index is 2.18. The molecule has 0 bridgehead atoms. The first-order chi connectivity index (χ1) is 6.33. The second-order valence-electron chi connectivity index (χ2n) is 2.83. The summed E-state index contributed by atoms with van der Waals surface area (Å²) in [5.41, 5.74) is 0. The highest BCUT2D eigenvalue weighted by Gasteiger charge is 1.67. The summed E-state index contributed by atoms with van der Waals surface area (Å²) in [7, 11) is 0. The molecule has 0 atom stereocenters. The summed E-state index contributed by atoms with van der Waals surface area (Å²) in [6.07, 6.45) is 16.1. The lowest BCUT2D eigenvalue weighted by molar-refractivity contribution is 0.959. The summed E-state index contributed by atoms with van der Waals surface area (Å²) < 4.78 is 0. The lowest BCUT2D eigenvalue weighted by atomic mass is 10.3. The van der Waals surface area contributed by atoms with Crippen molar-refractivity contribution in [2.45, 2.75) is 47.0 Å². The van der Waals surface area contributed by atoms with Gasteiger partial charge in [0.05, 0.1) is 0 Å². The molecule has 0 amide bonds. The molecule has 0 saturated heterocycles. The minimum atomic E-state index is 1.18. The van der Waals surface area contributed by atoms with Crippen LogP contribution in [-0.2, 0) is 0 Å². The van der Waals surface area contributed by atoms with Crippen molar-refractivity contribution in [1.82, 2.24) is 0 Å². The van der Waals surface area contributed by atoms with Gasteiger partial charge in [-0.15, -0.1) is 0 Å². The summed E-state index contributed by atoms with van der Waals surface area (Å²) in [4.78, 5) is 0. The van der Waals surface area contributed by atoms with E-state index in [0.717, 1.165) is 0 Å². The van der Waals surface area contributed by atoms with Gasteiger partial charge < -0.3 is 0 Å². The van der Waals surface area contributed by atoms with E-state index in [0.29, 0.717) is 0 Å². The fourth-order valence-electron chi connectivity index (χ4n) is 0.581. The largest absolute Gasteiger partial charge is 0.0877 e. The third-order valence-corrected chi connectivity index (χ3v) is 1.12. The van der Waals surface area contributed by atoms with Gasteiger partial charge in [0.2, 0.25) is 0 Å². The highest BCUT2D eigenvalue weighted by molar-refractivity contribution is 5.10. The lowest BCUT2D eigenvalue weighted by Gasteiger charge is -1.78. The SMILES string of the molecule is C/C=C/C=C\C=C/CCC.CCC. The summed E-state index contributed by atoms with van der Waals surface area (Å²) in [6.45, 7) is 8.44. The van der Waals surface area contributed by atoms with Gasteiger partial charge in [-0.1, -0.05) is 70.1 Å². The lowest BCUT2D eigenvalue weighted by Crippen LogP contribution is -1.58. The minimum Gasteiger partial charge on any atom is -0.0877 e. The summed E-state index contributed by atoms with van der Waals surface area (Å²) in [5, 5.41) is 0. The molecule has 0 spiro atoms. The molecule has 0 saturated carbocycles. The van der Waals surface area contributed by atoms with Crippen molar-refractivity contribution in [3.05, 3.63) is 36.5 Å². The third-order valence-electron chi connectivity index (χ3n) is 1.12. The van der Waals surface area contributed by atoms with Crippen LogP contribution < -0.4 is 0 Å². The molecule has 0 aromatic carbocycles. The molecule has 0 heterocycles. The highest BCUT2D eigenvalue weighted by atomic mass is 13.7. The Labute approximate surface area is 84.1 Å². The van der Waals surface area contributed by atoms with Gasteiger partial charge in [-0.2, -0.15) is 0 Å². The van der Waals surface area contributed by atoms with Crippen LogP contribution in [0.2, 0.25) is 0 Å². The monoisotopic (exact) mass is 180 g/mol. The Balaban J connectivity index is 0. The van der Waals surface area contributed by atoms with Crippen LogP contribution in [0.5, 0.6) is 0 Å². The Morgan fingerprint density at radius 2 is 1.38 bits per heavy atom. The molecule has 0 nitrogen and oxygen atoms in total. The van der Waals surface area contributed by atoms with Crippen LogP contribution in [0.4, 0.5) is 0 Å². The molecule has 0 unspecified atom stereocenters. The molecular formula is C13H24. The predicted molar refractivity (Wildman–Crippen MR) is 64.0 cm³/mol. The molecule has 13 heavy (non-hydrogen) atoms. The van der Waals surface area contributed by atoms with Crippen molar-refractivity contribution in [1.29, 1.82) is 0 Å². The van der Waals surface area contributed by atoms with Crippen LogP contribution >= 0.6 is 0 Å². The van der Waals surface area contributed by atoms with Crippen molar-refractivity contribution in [3.8, 4) is 0 Å². The molecule has 0 aromatic rings. The topological polar surface area (TPSA) is 0 Å². The van der Waals surface area contributed by atoms with Crippen molar-refractivity contribution in [2.75, 3.05) is 0 Å². The van der Waals surface area contributed by atoms with E-state index in [9.17, 15) is 0 Å². The molecule has 0 heteroatoms. The first-order valence-corrected chi connectivity index (χ1v) is 5.27. The Hall–Kier alpha value is -0.780. The Morgan fingerprint density at radius 1 is 0.846 bits per heavy atom. The smallest absolute Gasteiger partial charge is 0.0350 e. The molecule has 0 aromatic heterocycles. The van der Waals surface area contributed by atoms with E-state index < -0.39 is 0 Å². The molecular weight excluding hydrogens is 156 g/mol. The first kappa shape index (κ1) is 14.7. The van der Waals surface area contributed by atoms with Gasteiger partial charge in [0.15, 0.2) is 0 Å². The summed E-state index contributed by atoms with van der Waals surface area (Å²) in [6, 6.07) is 0. The Morgan fingerprint density at radius 3 is 1.85 bits per heavy atom. The quantitative estimate of drug-likeness (QED) is 0.540. The maximum Gasteiger partial charge on any atom is -0.0350 e. The first-order valence-electron chi connectivity index (χ1n) is 5.27. The predicted octanol–water partition coefficient (Wildman–Crippen LogP) is 4.89. The number of allylic oxidation sites excluding steroid dienone is 6. The average molecular weight is 180 g/mol. The van der Waals surface area contributed by atoms with Crippen LogP contribution in [0.15, 0.2) is 36.5 Å². The van der Waals surface area contributed by atoms with Gasteiger partial charge in [-0.25, -0.2) is 0 Å². The van der Waals surface area contributed by atoms with E-state index in [2.05, 4.69) is 39.0 Å². The normalized spacial score (nSPS) is 11.1. The van der Waals surface area contributed by atoms with Crippen LogP contribution in [0, 0.1) is 0 Å². The van der Waals surface area contributed by atoms with E-state index in [1.165, 1.54) is 19.3 Å². The van der Waals surface area contributed by atoms with Gasteiger partial charge in [0, 0.05) is 0 Å². The Kier molecular flexibility index (Phi) is 19.7. The number of rotatable bonds is 4. The van der Waals surface area contributed by atoms with Crippen LogP contribution in [0.1, 0.15) is 47.0 Å². The van der Waals surface area contributed by atoms with Crippen LogP contribution in [-0.4, -0.2) is 0 Å². The zero-order valence-corrected chi connectivity index (χ0v) is 9.59. The van der Waals surface area contributed by atoms with Gasteiger partial charge in [0.1, 0.15) is 0 Å². The van der Waals surface area contributed by atoms with Gasteiger partial charge in [0.25, 0.3) is 0 Å². The molecule has 0 aliphatic heterocycles. The number of unbranched alkanes of at least 4 members (excludes halogenated alkanes) is 1. The summed E-state index contributed by atoms with van der Waals surface area (Å²) in [5.74, 6) is 0. The molecule has 0 rings (SSSR count). The second-order valence-corrected chi connectivity index (χ2v) is 2.83. The van der Waals surface area contributed by atoms with Crippen molar-refractivity contribution in [3.63, 3.8) is 0 Å². The van der Waals surface area contributed by atoms with Crippen LogP contribution in [0.3, 0.4) is 0 Å². The van der Waals surface area contributed by atoms with Crippen LogP contribution in [0.25, 0.3) is 0 Å². The zero-order chi connectivity index (χ0) is 10.4. The number of hydrogen-bond donors (Lipinski definition) is 0. The molecule has 0 aliphatic carbocycles. The maximum absolute atomic E-state index is 2.18. The van der Waals surface area contributed by atoms with Crippen molar-refractivity contribution < 1.29 is 0 Å². The Bertz CT molecular complexity index is 138. The third kappa shape index (κ3) is 24.7. The average Bonchev–Trinajstić information content (AvgIpc) is 2.13. The van der Waals surface area contributed by atoms with E-state index in [4.69, 9.17) is 0 Å².